The minimum Gasteiger partial charge on any atom is -0.328 e. The third-order valence-corrected chi connectivity index (χ3v) is 5.64. The lowest BCUT2D eigenvalue weighted by molar-refractivity contribution is 0.262. The fourth-order valence-corrected chi connectivity index (χ4v) is 3.77. The predicted octanol–water partition coefficient (Wildman–Crippen LogP) is 7.35. The molecule has 3 aromatic carbocycles. The van der Waals surface area contributed by atoms with Crippen LogP contribution in [-0.4, -0.2) is 15.6 Å². The molecule has 0 atom stereocenters. The van der Waals surface area contributed by atoms with Gasteiger partial charge in [-0.2, -0.15) is 0 Å². The summed E-state index contributed by atoms with van der Waals surface area (Å²) < 4.78 is 15.6. The van der Waals surface area contributed by atoms with Crippen LogP contribution in [0.15, 0.2) is 72.9 Å². The van der Waals surface area contributed by atoms with Gasteiger partial charge in [-0.15, -0.1) is 0 Å². The van der Waals surface area contributed by atoms with E-state index in [2.05, 4.69) is 15.6 Å². The Bertz CT molecular complexity index is 1310. The third-order valence-electron chi connectivity index (χ3n) is 4.98. The van der Waals surface area contributed by atoms with Gasteiger partial charge in [0.2, 0.25) is 0 Å². The molecule has 2 N–H and O–H groups in total. The summed E-state index contributed by atoms with van der Waals surface area (Å²) in [6.07, 6.45) is 5.44. The Morgan fingerprint density at radius 3 is 2.33 bits per heavy atom. The fraction of sp³-hybridized carbons (Fsp3) is 0.0400. The third kappa shape index (κ3) is 5.25. The van der Waals surface area contributed by atoms with E-state index in [0.29, 0.717) is 15.7 Å². The molecule has 0 aliphatic carbocycles. The smallest absolute Gasteiger partial charge is 0.323 e. The number of hydrogen-bond acceptors (Lipinski definition) is 2. The fourth-order valence-electron chi connectivity index (χ4n) is 3.25. The zero-order valence-corrected chi connectivity index (χ0v) is 19.0. The number of rotatable bonds is 5. The summed E-state index contributed by atoms with van der Waals surface area (Å²) in [5.41, 5.74) is 3.22. The van der Waals surface area contributed by atoms with Crippen molar-refractivity contribution in [3.8, 4) is 11.3 Å². The van der Waals surface area contributed by atoms with Gasteiger partial charge in [0.05, 0.1) is 17.6 Å². The van der Waals surface area contributed by atoms with Gasteiger partial charge in [0.1, 0.15) is 11.6 Å². The number of urea groups is 1. The number of benzene rings is 3. The number of amides is 2. The summed E-state index contributed by atoms with van der Waals surface area (Å²) in [5, 5.41) is 6.31. The largest absolute Gasteiger partial charge is 0.328 e. The molecule has 0 fully saturated rings. The van der Waals surface area contributed by atoms with Crippen LogP contribution in [0.1, 0.15) is 11.4 Å². The highest BCUT2D eigenvalue weighted by Crippen LogP contribution is 2.27. The number of anilines is 2. The Labute approximate surface area is 200 Å². The Hall–Kier alpha value is -3.61. The SMILES string of the molecule is Cn1c(-c2ccc(NC(=O)Nc3ccccc3F)cc2)cnc1/C=C/c1c(Cl)cccc1Cl. The standard InChI is InChI=1S/C25H19Cl2FN4O/c1-32-23(15-29-24(32)14-13-18-19(26)5-4-6-20(18)27)16-9-11-17(12-10-16)30-25(33)31-22-8-3-2-7-21(22)28/h2-15H,1H3,(H2,30,31,33)/b14-13+. The maximum atomic E-state index is 13.7. The van der Waals surface area contributed by atoms with Crippen molar-refractivity contribution in [2.24, 2.45) is 7.05 Å². The minimum atomic E-state index is -0.529. The monoisotopic (exact) mass is 480 g/mol. The van der Waals surface area contributed by atoms with Crippen molar-refractivity contribution in [2.45, 2.75) is 0 Å². The molecule has 33 heavy (non-hydrogen) atoms. The average molecular weight is 481 g/mol. The normalized spacial score (nSPS) is 11.0. The number of halogens is 3. The molecule has 0 saturated carbocycles. The topological polar surface area (TPSA) is 59.0 Å². The van der Waals surface area contributed by atoms with E-state index in [1.165, 1.54) is 12.1 Å². The summed E-state index contributed by atoms with van der Waals surface area (Å²) in [7, 11) is 1.91. The van der Waals surface area contributed by atoms with Crippen LogP contribution >= 0.6 is 23.2 Å². The van der Waals surface area contributed by atoms with E-state index in [9.17, 15) is 9.18 Å². The van der Waals surface area contributed by atoms with Crippen molar-refractivity contribution in [1.82, 2.24) is 9.55 Å². The number of aromatic nitrogens is 2. The maximum Gasteiger partial charge on any atom is 0.323 e. The van der Waals surface area contributed by atoms with Crippen molar-refractivity contribution < 1.29 is 9.18 Å². The number of para-hydroxylation sites is 1. The summed E-state index contributed by atoms with van der Waals surface area (Å²) >= 11 is 12.4. The number of nitrogens with one attached hydrogen (secondary N) is 2. The van der Waals surface area contributed by atoms with Crippen LogP contribution in [0, 0.1) is 5.82 Å². The molecule has 0 aliphatic rings. The Balaban J connectivity index is 1.46. The zero-order chi connectivity index (χ0) is 23.4. The summed E-state index contributed by atoms with van der Waals surface area (Å²) in [5.74, 6) is 0.230. The molecular formula is C25H19Cl2FN4O. The Morgan fingerprint density at radius 1 is 0.939 bits per heavy atom. The number of carbonyl (C=O) groups is 1. The molecule has 1 aromatic heterocycles. The van der Waals surface area contributed by atoms with Crippen LogP contribution in [0.3, 0.4) is 0 Å². The number of hydrogen-bond donors (Lipinski definition) is 2. The average Bonchev–Trinajstić information content (AvgIpc) is 3.16. The molecule has 1 heterocycles. The highest BCUT2D eigenvalue weighted by atomic mass is 35.5. The van der Waals surface area contributed by atoms with Gasteiger partial charge < -0.3 is 15.2 Å². The Kier molecular flexibility index (Phi) is 6.77. The van der Waals surface area contributed by atoms with Gasteiger partial charge >= 0.3 is 6.03 Å². The van der Waals surface area contributed by atoms with Crippen LogP contribution in [0.25, 0.3) is 23.4 Å². The molecule has 0 unspecified atom stereocenters. The molecule has 0 radical (unpaired) electrons. The molecule has 0 bridgehead atoms. The first-order valence-corrected chi connectivity index (χ1v) is 10.7. The lowest BCUT2D eigenvalue weighted by Gasteiger charge is -2.09. The maximum absolute atomic E-state index is 13.7. The van der Waals surface area contributed by atoms with Crippen LogP contribution in [-0.2, 0) is 7.05 Å². The molecule has 2 amide bonds. The highest BCUT2D eigenvalue weighted by molar-refractivity contribution is 6.37. The van der Waals surface area contributed by atoms with Gasteiger partial charge in [-0.1, -0.05) is 53.5 Å². The second-order valence-corrected chi connectivity index (χ2v) is 7.98. The molecule has 4 aromatic rings. The molecule has 0 spiro atoms. The first kappa shape index (κ1) is 22.6. The van der Waals surface area contributed by atoms with E-state index >= 15 is 0 Å². The zero-order valence-electron chi connectivity index (χ0n) is 17.5. The number of imidazole rings is 1. The second-order valence-electron chi connectivity index (χ2n) is 7.17. The first-order chi connectivity index (χ1) is 15.9. The molecule has 0 saturated heterocycles. The van der Waals surface area contributed by atoms with Crippen LogP contribution < -0.4 is 10.6 Å². The van der Waals surface area contributed by atoms with E-state index < -0.39 is 11.8 Å². The van der Waals surface area contributed by atoms with E-state index in [-0.39, 0.29) is 5.69 Å². The summed E-state index contributed by atoms with van der Waals surface area (Å²) in [6, 6.07) is 18.1. The number of carbonyl (C=O) groups excluding carboxylic acids is 1. The van der Waals surface area contributed by atoms with Crippen molar-refractivity contribution in [1.29, 1.82) is 0 Å². The van der Waals surface area contributed by atoms with E-state index in [4.69, 9.17) is 23.2 Å². The lowest BCUT2D eigenvalue weighted by atomic mass is 10.1. The quantitative estimate of drug-likeness (QED) is 0.313. The molecule has 0 aliphatic heterocycles. The first-order valence-electron chi connectivity index (χ1n) is 9.99. The van der Waals surface area contributed by atoms with Crippen molar-refractivity contribution in [3.63, 3.8) is 0 Å². The van der Waals surface area contributed by atoms with Gasteiger partial charge in [0.25, 0.3) is 0 Å². The van der Waals surface area contributed by atoms with Gasteiger partial charge in [0.15, 0.2) is 0 Å². The second kappa shape index (κ2) is 9.90. The molecule has 166 valence electrons. The van der Waals surface area contributed by atoms with Gasteiger partial charge in [-0.05, 0) is 54.1 Å². The highest BCUT2D eigenvalue weighted by Gasteiger charge is 2.10. The minimum absolute atomic E-state index is 0.111. The van der Waals surface area contributed by atoms with Gasteiger partial charge in [0, 0.05) is 28.3 Å². The van der Waals surface area contributed by atoms with Gasteiger partial charge in [-0.25, -0.2) is 14.2 Å². The van der Waals surface area contributed by atoms with E-state index in [0.717, 1.165) is 22.6 Å². The van der Waals surface area contributed by atoms with Crippen LogP contribution in [0.4, 0.5) is 20.6 Å². The summed E-state index contributed by atoms with van der Waals surface area (Å²) in [4.78, 5) is 16.6. The Morgan fingerprint density at radius 2 is 1.64 bits per heavy atom. The molecular weight excluding hydrogens is 462 g/mol. The van der Waals surface area contributed by atoms with Crippen LogP contribution in [0.5, 0.6) is 0 Å². The van der Waals surface area contributed by atoms with Crippen molar-refractivity contribution in [3.05, 3.63) is 100 Å². The molecule has 5 nitrogen and oxygen atoms in total. The predicted molar refractivity (Wildman–Crippen MR) is 133 cm³/mol. The van der Waals surface area contributed by atoms with E-state index in [1.54, 1.807) is 48.7 Å². The van der Waals surface area contributed by atoms with E-state index in [1.807, 2.05) is 35.9 Å². The number of nitrogens with zero attached hydrogens (tertiary/aromatic N) is 2. The van der Waals surface area contributed by atoms with Crippen LogP contribution in [0.2, 0.25) is 10.0 Å². The van der Waals surface area contributed by atoms with Crippen molar-refractivity contribution >= 4 is 52.8 Å². The van der Waals surface area contributed by atoms with Crippen molar-refractivity contribution in [2.75, 3.05) is 10.6 Å². The van der Waals surface area contributed by atoms with Gasteiger partial charge in [-0.3, -0.25) is 0 Å². The molecule has 8 heteroatoms. The molecule has 4 rings (SSSR count). The lowest BCUT2D eigenvalue weighted by Crippen LogP contribution is -2.20. The summed E-state index contributed by atoms with van der Waals surface area (Å²) in [6.45, 7) is 0.